The summed E-state index contributed by atoms with van der Waals surface area (Å²) in [6.07, 6.45) is 20.5. The minimum absolute atomic E-state index is 0.0814. The summed E-state index contributed by atoms with van der Waals surface area (Å²) >= 11 is 0. The van der Waals surface area contributed by atoms with Crippen molar-refractivity contribution in [2.75, 3.05) is 0 Å². The molecule has 0 saturated heterocycles. The van der Waals surface area contributed by atoms with Gasteiger partial charge >= 0.3 is 6.16 Å². The van der Waals surface area contributed by atoms with Crippen molar-refractivity contribution in [2.45, 2.75) is 135 Å². The van der Waals surface area contributed by atoms with Crippen LogP contribution in [0.3, 0.4) is 0 Å². The average Bonchev–Trinajstić information content (AvgIpc) is 2.71. The standard InChI is InChI=1S/C25H44O3/c1-3-8-20-11-13-23(14-12-20)27-24(26)28-25(17-4-2)18-15-22(16-19-25)21-9-6-5-7-10-21/h20-23H,3-19H2,1-2H3/t20?,22-,23?,25+. The summed E-state index contributed by atoms with van der Waals surface area (Å²) in [4.78, 5) is 12.6. The molecule has 0 unspecified atom stereocenters. The number of hydrogen-bond donors (Lipinski definition) is 0. The SMILES string of the molecule is CCCC1CCC(OC(=O)O[C@]2(CCC)CC[C@H](C3CCCCC3)CC2)CC1. The van der Waals surface area contributed by atoms with Crippen molar-refractivity contribution in [3.05, 3.63) is 0 Å². The molecule has 0 aliphatic heterocycles. The van der Waals surface area contributed by atoms with Gasteiger partial charge in [0.25, 0.3) is 0 Å². The van der Waals surface area contributed by atoms with Crippen LogP contribution in [0.15, 0.2) is 0 Å². The molecular weight excluding hydrogens is 348 g/mol. The fourth-order valence-electron chi connectivity index (χ4n) is 6.39. The Balaban J connectivity index is 1.45. The number of hydrogen-bond acceptors (Lipinski definition) is 3. The van der Waals surface area contributed by atoms with E-state index in [1.807, 2.05) is 0 Å². The summed E-state index contributed by atoms with van der Waals surface area (Å²) in [5.74, 6) is 2.62. The molecule has 0 heterocycles. The molecule has 0 spiro atoms. The van der Waals surface area contributed by atoms with Crippen LogP contribution in [0.25, 0.3) is 0 Å². The second-order valence-electron chi connectivity index (χ2n) is 10.1. The largest absolute Gasteiger partial charge is 0.509 e. The van der Waals surface area contributed by atoms with E-state index in [0.717, 1.165) is 56.3 Å². The van der Waals surface area contributed by atoms with Crippen LogP contribution in [-0.2, 0) is 9.47 Å². The third-order valence-electron chi connectivity index (χ3n) is 8.02. The normalized spacial score (nSPS) is 34.7. The molecule has 162 valence electrons. The highest BCUT2D eigenvalue weighted by atomic mass is 16.7. The van der Waals surface area contributed by atoms with Gasteiger partial charge in [0.2, 0.25) is 0 Å². The molecule has 0 aromatic heterocycles. The minimum Gasteiger partial charge on any atom is -0.431 e. The average molecular weight is 393 g/mol. The molecular formula is C25H44O3. The van der Waals surface area contributed by atoms with Crippen molar-refractivity contribution in [1.29, 1.82) is 0 Å². The number of ether oxygens (including phenoxy) is 2. The Labute approximate surface area is 173 Å². The first-order valence-corrected chi connectivity index (χ1v) is 12.5. The van der Waals surface area contributed by atoms with E-state index in [1.54, 1.807) is 0 Å². The van der Waals surface area contributed by atoms with Crippen molar-refractivity contribution in [2.24, 2.45) is 17.8 Å². The van der Waals surface area contributed by atoms with E-state index in [4.69, 9.17) is 9.47 Å². The zero-order chi connectivity index (χ0) is 19.8. The van der Waals surface area contributed by atoms with E-state index in [9.17, 15) is 4.79 Å². The van der Waals surface area contributed by atoms with Gasteiger partial charge < -0.3 is 9.47 Å². The van der Waals surface area contributed by atoms with Crippen molar-refractivity contribution >= 4 is 6.16 Å². The molecule has 3 fully saturated rings. The maximum Gasteiger partial charge on any atom is 0.509 e. The molecule has 0 amide bonds. The number of rotatable bonds is 7. The molecule has 0 aromatic carbocycles. The van der Waals surface area contributed by atoms with Gasteiger partial charge in [-0.2, -0.15) is 0 Å². The molecule has 0 radical (unpaired) electrons. The molecule has 3 aliphatic rings. The van der Waals surface area contributed by atoms with Gasteiger partial charge in [-0.15, -0.1) is 0 Å². The summed E-state index contributed by atoms with van der Waals surface area (Å²) in [6, 6.07) is 0. The fraction of sp³-hybridized carbons (Fsp3) is 0.960. The van der Waals surface area contributed by atoms with Crippen LogP contribution in [0.4, 0.5) is 4.79 Å². The van der Waals surface area contributed by atoms with Crippen LogP contribution in [0.1, 0.15) is 123 Å². The zero-order valence-electron chi connectivity index (χ0n) is 18.6. The molecule has 0 atom stereocenters. The lowest BCUT2D eigenvalue weighted by Gasteiger charge is -2.42. The summed E-state index contributed by atoms with van der Waals surface area (Å²) < 4.78 is 11.8. The zero-order valence-corrected chi connectivity index (χ0v) is 18.6. The van der Waals surface area contributed by atoms with E-state index in [1.165, 1.54) is 70.6 Å². The Bertz CT molecular complexity index is 452. The van der Waals surface area contributed by atoms with Gasteiger partial charge in [-0.3, -0.25) is 0 Å². The van der Waals surface area contributed by atoms with Gasteiger partial charge in [0, 0.05) is 0 Å². The van der Waals surface area contributed by atoms with Gasteiger partial charge in [0.1, 0.15) is 11.7 Å². The van der Waals surface area contributed by atoms with E-state index in [-0.39, 0.29) is 17.9 Å². The Kier molecular flexibility index (Phi) is 8.53. The summed E-state index contributed by atoms with van der Waals surface area (Å²) in [7, 11) is 0. The van der Waals surface area contributed by atoms with E-state index < -0.39 is 0 Å². The molecule has 28 heavy (non-hydrogen) atoms. The lowest BCUT2D eigenvalue weighted by molar-refractivity contribution is -0.0855. The lowest BCUT2D eigenvalue weighted by atomic mass is 9.68. The highest BCUT2D eigenvalue weighted by molar-refractivity contribution is 5.61. The number of carbonyl (C=O) groups is 1. The van der Waals surface area contributed by atoms with Gasteiger partial charge in [-0.05, 0) is 75.5 Å². The van der Waals surface area contributed by atoms with Crippen LogP contribution in [-0.4, -0.2) is 17.9 Å². The summed E-state index contributed by atoms with van der Waals surface area (Å²) in [5.41, 5.74) is -0.254. The predicted molar refractivity (Wildman–Crippen MR) is 114 cm³/mol. The van der Waals surface area contributed by atoms with Crippen LogP contribution in [0.2, 0.25) is 0 Å². The van der Waals surface area contributed by atoms with E-state index in [0.29, 0.717) is 0 Å². The third kappa shape index (κ3) is 6.13. The highest BCUT2D eigenvalue weighted by Gasteiger charge is 2.41. The number of carbonyl (C=O) groups excluding carboxylic acids is 1. The van der Waals surface area contributed by atoms with Gasteiger partial charge in [-0.25, -0.2) is 4.79 Å². The Morgan fingerprint density at radius 3 is 2.07 bits per heavy atom. The van der Waals surface area contributed by atoms with E-state index in [2.05, 4.69) is 13.8 Å². The molecule has 3 heteroatoms. The van der Waals surface area contributed by atoms with Gasteiger partial charge in [0.05, 0.1) is 0 Å². The maximum absolute atomic E-state index is 12.6. The first-order valence-electron chi connectivity index (χ1n) is 12.5. The van der Waals surface area contributed by atoms with Crippen molar-refractivity contribution in [3.63, 3.8) is 0 Å². The third-order valence-corrected chi connectivity index (χ3v) is 8.02. The highest BCUT2D eigenvalue weighted by Crippen LogP contribution is 2.44. The Hall–Kier alpha value is -0.730. The Morgan fingerprint density at radius 2 is 1.46 bits per heavy atom. The van der Waals surface area contributed by atoms with Gasteiger partial charge in [0.15, 0.2) is 0 Å². The van der Waals surface area contributed by atoms with Crippen LogP contribution in [0, 0.1) is 17.8 Å². The molecule has 0 N–H and O–H groups in total. The predicted octanol–water partition coefficient (Wildman–Crippen LogP) is 7.81. The Morgan fingerprint density at radius 1 is 0.821 bits per heavy atom. The van der Waals surface area contributed by atoms with Crippen LogP contribution in [0.5, 0.6) is 0 Å². The van der Waals surface area contributed by atoms with Crippen molar-refractivity contribution < 1.29 is 14.3 Å². The smallest absolute Gasteiger partial charge is 0.431 e. The molecule has 3 nitrogen and oxygen atoms in total. The van der Waals surface area contributed by atoms with Crippen molar-refractivity contribution in [1.82, 2.24) is 0 Å². The lowest BCUT2D eigenvalue weighted by Crippen LogP contribution is -2.41. The summed E-state index contributed by atoms with van der Waals surface area (Å²) in [5, 5.41) is 0. The minimum atomic E-state index is -0.386. The first-order chi connectivity index (χ1) is 13.6. The first kappa shape index (κ1) is 22.0. The quantitative estimate of drug-likeness (QED) is 0.414. The molecule has 3 rings (SSSR count). The fourth-order valence-corrected chi connectivity index (χ4v) is 6.39. The second kappa shape index (κ2) is 10.9. The van der Waals surface area contributed by atoms with Crippen LogP contribution < -0.4 is 0 Å². The van der Waals surface area contributed by atoms with Crippen LogP contribution >= 0.6 is 0 Å². The summed E-state index contributed by atoms with van der Waals surface area (Å²) in [6.45, 7) is 4.47. The molecule has 0 aromatic rings. The van der Waals surface area contributed by atoms with E-state index >= 15 is 0 Å². The molecule has 3 saturated carbocycles. The monoisotopic (exact) mass is 392 g/mol. The van der Waals surface area contributed by atoms with Gasteiger partial charge in [-0.1, -0.05) is 65.2 Å². The second-order valence-corrected chi connectivity index (χ2v) is 10.1. The topological polar surface area (TPSA) is 35.5 Å². The van der Waals surface area contributed by atoms with Crippen molar-refractivity contribution in [3.8, 4) is 0 Å². The molecule has 0 bridgehead atoms. The maximum atomic E-state index is 12.6. The molecule has 3 aliphatic carbocycles.